The zero-order chi connectivity index (χ0) is 9.68. The SMILES string of the molecule is CC(N)NCC(C)C1CCCCC1. The summed E-state index contributed by atoms with van der Waals surface area (Å²) in [4.78, 5) is 0. The molecule has 1 aliphatic carbocycles. The van der Waals surface area contributed by atoms with Crippen LogP contribution in [0.25, 0.3) is 0 Å². The predicted octanol–water partition coefficient (Wildman–Crippen LogP) is 2.10. The molecule has 0 aromatic carbocycles. The molecule has 0 saturated heterocycles. The lowest BCUT2D eigenvalue weighted by atomic mass is 9.81. The number of hydrogen-bond donors (Lipinski definition) is 2. The van der Waals surface area contributed by atoms with Crippen molar-refractivity contribution in [2.75, 3.05) is 6.54 Å². The van der Waals surface area contributed by atoms with Crippen LogP contribution in [0.4, 0.5) is 0 Å². The van der Waals surface area contributed by atoms with Crippen LogP contribution in [-0.2, 0) is 0 Å². The lowest BCUT2D eigenvalue weighted by molar-refractivity contribution is 0.252. The van der Waals surface area contributed by atoms with E-state index in [1.165, 1.54) is 32.1 Å². The van der Waals surface area contributed by atoms with Crippen molar-refractivity contribution in [3.8, 4) is 0 Å². The highest BCUT2D eigenvalue weighted by Gasteiger charge is 2.19. The molecule has 0 aliphatic heterocycles. The molecule has 2 unspecified atom stereocenters. The summed E-state index contributed by atoms with van der Waals surface area (Å²) in [5.41, 5.74) is 5.66. The highest BCUT2D eigenvalue weighted by atomic mass is 15.0. The van der Waals surface area contributed by atoms with Gasteiger partial charge in [-0.1, -0.05) is 39.0 Å². The lowest BCUT2D eigenvalue weighted by Crippen LogP contribution is -2.38. The van der Waals surface area contributed by atoms with Gasteiger partial charge in [0.25, 0.3) is 0 Å². The van der Waals surface area contributed by atoms with Gasteiger partial charge in [-0.3, -0.25) is 0 Å². The summed E-state index contributed by atoms with van der Waals surface area (Å²) in [6.45, 7) is 5.45. The van der Waals surface area contributed by atoms with Gasteiger partial charge < -0.3 is 11.1 Å². The van der Waals surface area contributed by atoms with E-state index in [4.69, 9.17) is 5.73 Å². The molecule has 0 bridgehead atoms. The first-order chi connectivity index (χ1) is 6.20. The van der Waals surface area contributed by atoms with Crippen LogP contribution in [0, 0.1) is 11.8 Å². The van der Waals surface area contributed by atoms with Crippen LogP contribution in [0.2, 0.25) is 0 Å². The second-order valence-electron chi connectivity index (χ2n) is 4.57. The molecule has 0 heterocycles. The van der Waals surface area contributed by atoms with E-state index in [-0.39, 0.29) is 6.17 Å². The van der Waals surface area contributed by atoms with Gasteiger partial charge in [0.05, 0.1) is 6.17 Å². The molecule has 13 heavy (non-hydrogen) atoms. The molecule has 3 N–H and O–H groups in total. The van der Waals surface area contributed by atoms with E-state index in [1.807, 2.05) is 6.92 Å². The molecular weight excluding hydrogens is 160 g/mol. The Morgan fingerprint density at radius 1 is 1.23 bits per heavy atom. The van der Waals surface area contributed by atoms with E-state index in [2.05, 4.69) is 12.2 Å². The molecule has 78 valence electrons. The highest BCUT2D eigenvalue weighted by Crippen LogP contribution is 2.29. The molecule has 0 aromatic rings. The third-order valence-electron chi connectivity index (χ3n) is 3.22. The molecule has 1 fully saturated rings. The first kappa shape index (κ1) is 11.0. The number of nitrogens with two attached hydrogens (primary N) is 1. The Hall–Kier alpha value is -0.0800. The van der Waals surface area contributed by atoms with Crippen LogP contribution >= 0.6 is 0 Å². The van der Waals surface area contributed by atoms with Gasteiger partial charge in [-0.25, -0.2) is 0 Å². The van der Waals surface area contributed by atoms with Crippen LogP contribution in [-0.4, -0.2) is 12.7 Å². The van der Waals surface area contributed by atoms with Crippen LogP contribution < -0.4 is 11.1 Å². The Labute approximate surface area is 82.3 Å². The fourth-order valence-electron chi connectivity index (χ4n) is 2.24. The van der Waals surface area contributed by atoms with Gasteiger partial charge in [-0.2, -0.15) is 0 Å². The van der Waals surface area contributed by atoms with Crippen molar-refractivity contribution < 1.29 is 0 Å². The summed E-state index contributed by atoms with van der Waals surface area (Å²) >= 11 is 0. The fourth-order valence-corrected chi connectivity index (χ4v) is 2.24. The summed E-state index contributed by atoms with van der Waals surface area (Å²) in [5, 5.41) is 3.32. The van der Waals surface area contributed by atoms with Gasteiger partial charge >= 0.3 is 0 Å². The monoisotopic (exact) mass is 184 g/mol. The minimum absolute atomic E-state index is 0.144. The molecule has 2 atom stereocenters. The molecular formula is C11H24N2. The summed E-state index contributed by atoms with van der Waals surface area (Å²) in [6, 6.07) is 0. The van der Waals surface area contributed by atoms with Crippen LogP contribution in [0.1, 0.15) is 46.0 Å². The van der Waals surface area contributed by atoms with Crippen molar-refractivity contribution >= 4 is 0 Å². The maximum Gasteiger partial charge on any atom is 0.0517 e. The predicted molar refractivity (Wildman–Crippen MR) is 57.4 cm³/mol. The average molecular weight is 184 g/mol. The fraction of sp³-hybridized carbons (Fsp3) is 1.00. The zero-order valence-corrected chi connectivity index (χ0v) is 9.05. The quantitative estimate of drug-likeness (QED) is 0.657. The van der Waals surface area contributed by atoms with Crippen molar-refractivity contribution in [3.63, 3.8) is 0 Å². The minimum Gasteiger partial charge on any atom is -0.316 e. The smallest absolute Gasteiger partial charge is 0.0517 e. The van der Waals surface area contributed by atoms with E-state index in [0.29, 0.717) is 0 Å². The number of hydrogen-bond acceptors (Lipinski definition) is 2. The number of nitrogens with one attached hydrogen (secondary N) is 1. The Kier molecular flexibility index (Phi) is 4.74. The molecule has 1 rings (SSSR count). The summed E-state index contributed by atoms with van der Waals surface area (Å²) < 4.78 is 0. The maximum atomic E-state index is 5.66. The average Bonchev–Trinajstić information content (AvgIpc) is 2.15. The molecule has 0 aromatic heterocycles. The molecule has 0 spiro atoms. The van der Waals surface area contributed by atoms with Gasteiger partial charge in [0.1, 0.15) is 0 Å². The van der Waals surface area contributed by atoms with Gasteiger partial charge in [-0.15, -0.1) is 0 Å². The van der Waals surface area contributed by atoms with Gasteiger partial charge in [-0.05, 0) is 25.3 Å². The molecule has 2 nitrogen and oxygen atoms in total. The van der Waals surface area contributed by atoms with E-state index >= 15 is 0 Å². The summed E-state index contributed by atoms with van der Waals surface area (Å²) in [7, 11) is 0. The van der Waals surface area contributed by atoms with Crippen molar-refractivity contribution in [1.82, 2.24) is 5.32 Å². The van der Waals surface area contributed by atoms with E-state index in [1.54, 1.807) is 0 Å². The molecule has 1 saturated carbocycles. The third-order valence-corrected chi connectivity index (χ3v) is 3.22. The normalized spacial score (nSPS) is 24.2. The molecule has 1 aliphatic rings. The summed E-state index contributed by atoms with van der Waals surface area (Å²) in [5.74, 6) is 1.74. The van der Waals surface area contributed by atoms with Crippen molar-refractivity contribution in [2.45, 2.75) is 52.1 Å². The van der Waals surface area contributed by atoms with Crippen LogP contribution in [0.15, 0.2) is 0 Å². The van der Waals surface area contributed by atoms with Crippen LogP contribution in [0.5, 0.6) is 0 Å². The maximum absolute atomic E-state index is 5.66. The Balaban J connectivity index is 2.17. The van der Waals surface area contributed by atoms with Gasteiger partial charge in [0, 0.05) is 0 Å². The first-order valence-electron chi connectivity index (χ1n) is 5.69. The zero-order valence-electron chi connectivity index (χ0n) is 9.05. The van der Waals surface area contributed by atoms with E-state index in [0.717, 1.165) is 18.4 Å². The molecule has 2 heteroatoms. The second-order valence-corrected chi connectivity index (χ2v) is 4.57. The summed E-state index contributed by atoms with van der Waals surface area (Å²) in [6.07, 6.45) is 7.33. The van der Waals surface area contributed by atoms with Gasteiger partial charge in [0.15, 0.2) is 0 Å². The standard InChI is InChI=1S/C11H24N2/c1-9(8-13-10(2)12)11-6-4-3-5-7-11/h9-11,13H,3-8,12H2,1-2H3. The van der Waals surface area contributed by atoms with Crippen molar-refractivity contribution in [2.24, 2.45) is 17.6 Å². The van der Waals surface area contributed by atoms with E-state index in [9.17, 15) is 0 Å². The first-order valence-corrected chi connectivity index (χ1v) is 5.69. The Morgan fingerprint density at radius 2 is 1.85 bits per heavy atom. The van der Waals surface area contributed by atoms with Gasteiger partial charge in [0.2, 0.25) is 0 Å². The number of rotatable bonds is 4. The second kappa shape index (κ2) is 5.61. The minimum atomic E-state index is 0.144. The van der Waals surface area contributed by atoms with Crippen LogP contribution in [0.3, 0.4) is 0 Å². The largest absolute Gasteiger partial charge is 0.316 e. The topological polar surface area (TPSA) is 38.0 Å². The molecule has 0 radical (unpaired) electrons. The third kappa shape index (κ3) is 4.10. The molecule has 0 amide bonds. The van der Waals surface area contributed by atoms with Crippen molar-refractivity contribution in [3.05, 3.63) is 0 Å². The Morgan fingerprint density at radius 3 is 2.38 bits per heavy atom. The van der Waals surface area contributed by atoms with Crippen molar-refractivity contribution in [1.29, 1.82) is 0 Å². The lowest BCUT2D eigenvalue weighted by Gasteiger charge is -2.28. The highest BCUT2D eigenvalue weighted by molar-refractivity contribution is 4.73. The van der Waals surface area contributed by atoms with E-state index < -0.39 is 0 Å². The Bertz CT molecular complexity index is 128.